The SMILES string of the molecule is CC(C)(C)[Si](C)(C)OC[C@H]1OCC=C[C@H]1OC(=N)C(Cl)(Cl)Cl. The topological polar surface area (TPSA) is 51.5 Å². The number of halogens is 3. The number of nitrogens with one attached hydrogen (secondary N) is 1. The molecule has 1 aliphatic heterocycles. The molecule has 1 rings (SSSR count). The van der Waals surface area contributed by atoms with Crippen LogP contribution in [0.3, 0.4) is 0 Å². The zero-order valence-corrected chi connectivity index (χ0v) is 16.9. The van der Waals surface area contributed by atoms with Crippen molar-refractivity contribution in [3.05, 3.63) is 12.2 Å². The summed E-state index contributed by atoms with van der Waals surface area (Å²) < 4.78 is 15.4. The fourth-order valence-corrected chi connectivity index (χ4v) is 2.70. The second kappa shape index (κ2) is 7.41. The molecule has 0 unspecified atom stereocenters. The number of hydrogen-bond donors (Lipinski definition) is 1. The Morgan fingerprint density at radius 3 is 2.41 bits per heavy atom. The molecule has 8 heteroatoms. The summed E-state index contributed by atoms with van der Waals surface area (Å²) in [7, 11) is -1.89. The lowest BCUT2D eigenvalue weighted by Crippen LogP contribution is -2.46. The van der Waals surface area contributed by atoms with E-state index >= 15 is 0 Å². The Balaban J connectivity index is 2.69. The van der Waals surface area contributed by atoms with E-state index in [2.05, 4.69) is 33.9 Å². The third kappa shape index (κ3) is 5.69. The highest BCUT2D eigenvalue weighted by Crippen LogP contribution is 2.37. The van der Waals surface area contributed by atoms with Crippen LogP contribution in [-0.4, -0.2) is 43.4 Å². The quantitative estimate of drug-likeness (QED) is 0.250. The van der Waals surface area contributed by atoms with Gasteiger partial charge in [0.15, 0.2) is 8.32 Å². The van der Waals surface area contributed by atoms with Gasteiger partial charge in [0.2, 0.25) is 5.90 Å². The van der Waals surface area contributed by atoms with Crippen LogP contribution in [0, 0.1) is 5.41 Å². The van der Waals surface area contributed by atoms with Crippen LogP contribution in [0.25, 0.3) is 0 Å². The van der Waals surface area contributed by atoms with Crippen LogP contribution in [0.5, 0.6) is 0 Å². The molecule has 0 spiro atoms. The average molecular weight is 389 g/mol. The Morgan fingerprint density at radius 2 is 1.91 bits per heavy atom. The maximum absolute atomic E-state index is 7.68. The normalized spacial score (nSPS) is 23.5. The van der Waals surface area contributed by atoms with Gasteiger partial charge in [-0.2, -0.15) is 0 Å². The molecule has 1 aliphatic rings. The van der Waals surface area contributed by atoms with Crippen LogP contribution in [0.4, 0.5) is 0 Å². The Hall–Kier alpha value is 0.217. The number of alkyl halides is 3. The monoisotopic (exact) mass is 387 g/mol. The summed E-state index contributed by atoms with van der Waals surface area (Å²) in [6.45, 7) is 11.7. The molecule has 0 aliphatic carbocycles. The molecule has 128 valence electrons. The molecule has 2 atom stereocenters. The van der Waals surface area contributed by atoms with Crippen LogP contribution >= 0.6 is 34.8 Å². The molecule has 0 bridgehead atoms. The first-order valence-corrected chi connectivity index (χ1v) is 11.1. The van der Waals surface area contributed by atoms with Crippen molar-refractivity contribution >= 4 is 49.0 Å². The molecule has 0 aromatic carbocycles. The van der Waals surface area contributed by atoms with Crippen LogP contribution in [0.15, 0.2) is 12.2 Å². The van der Waals surface area contributed by atoms with E-state index in [1.165, 1.54) is 0 Å². The highest BCUT2D eigenvalue weighted by atomic mass is 35.6. The van der Waals surface area contributed by atoms with E-state index < -0.39 is 24.1 Å². The third-order valence-corrected chi connectivity index (χ3v) is 9.04. The zero-order valence-electron chi connectivity index (χ0n) is 13.6. The molecule has 0 radical (unpaired) electrons. The third-order valence-electron chi connectivity index (χ3n) is 4.02. The fourth-order valence-electron chi connectivity index (χ4n) is 1.56. The maximum atomic E-state index is 7.68. The molecule has 0 aromatic rings. The zero-order chi connectivity index (χ0) is 17.2. The summed E-state index contributed by atoms with van der Waals surface area (Å²) in [5, 5.41) is 7.79. The summed E-state index contributed by atoms with van der Waals surface area (Å²) >= 11 is 17.0. The highest BCUT2D eigenvalue weighted by Gasteiger charge is 2.39. The lowest BCUT2D eigenvalue weighted by Gasteiger charge is -2.38. The molecule has 0 amide bonds. The highest BCUT2D eigenvalue weighted by molar-refractivity contribution is 6.76. The Morgan fingerprint density at radius 1 is 1.32 bits per heavy atom. The number of ether oxygens (including phenoxy) is 2. The van der Waals surface area contributed by atoms with Crippen molar-refractivity contribution in [2.75, 3.05) is 13.2 Å². The Bertz CT molecular complexity index is 430. The van der Waals surface area contributed by atoms with Crippen molar-refractivity contribution in [1.29, 1.82) is 5.41 Å². The molecule has 0 aromatic heterocycles. The first-order chi connectivity index (χ1) is 9.84. The standard InChI is InChI=1S/C14H24Cl3NO3Si/c1-13(2,3)22(4,5)20-9-11-10(7-6-8-19-11)21-12(18)14(15,16)17/h6-7,10-11,18H,8-9H2,1-5H3/t10-,11-/m1/s1. The summed E-state index contributed by atoms with van der Waals surface area (Å²) in [5.74, 6) is -0.421. The second-order valence-corrected chi connectivity index (χ2v) is 13.9. The van der Waals surface area contributed by atoms with E-state index in [0.717, 1.165) is 0 Å². The lowest BCUT2D eigenvalue weighted by atomic mass is 10.1. The van der Waals surface area contributed by atoms with Gasteiger partial charge in [-0.25, -0.2) is 0 Å². The van der Waals surface area contributed by atoms with Gasteiger partial charge in [-0.05, 0) is 24.2 Å². The van der Waals surface area contributed by atoms with Gasteiger partial charge in [0.05, 0.1) is 13.2 Å². The van der Waals surface area contributed by atoms with Gasteiger partial charge in [0, 0.05) is 0 Å². The minimum atomic E-state index is -1.89. The summed E-state index contributed by atoms with van der Waals surface area (Å²) in [4.78, 5) is 0. The largest absolute Gasteiger partial charge is 0.468 e. The average Bonchev–Trinajstić information content (AvgIpc) is 2.35. The predicted molar refractivity (Wildman–Crippen MR) is 94.9 cm³/mol. The van der Waals surface area contributed by atoms with Crippen molar-refractivity contribution in [3.8, 4) is 0 Å². The van der Waals surface area contributed by atoms with Crippen LogP contribution in [-0.2, 0) is 13.9 Å². The first-order valence-electron chi connectivity index (χ1n) is 7.09. The summed E-state index contributed by atoms with van der Waals surface area (Å²) in [6, 6.07) is 0. The van der Waals surface area contributed by atoms with Gasteiger partial charge in [-0.1, -0.05) is 61.7 Å². The van der Waals surface area contributed by atoms with Crippen molar-refractivity contribution in [2.24, 2.45) is 0 Å². The molecule has 22 heavy (non-hydrogen) atoms. The minimum absolute atomic E-state index is 0.109. The van der Waals surface area contributed by atoms with E-state index in [1.54, 1.807) is 0 Å². The maximum Gasteiger partial charge on any atom is 0.265 e. The van der Waals surface area contributed by atoms with Crippen molar-refractivity contribution in [3.63, 3.8) is 0 Å². The summed E-state index contributed by atoms with van der Waals surface area (Å²) in [6.07, 6.45) is 2.81. The van der Waals surface area contributed by atoms with Gasteiger partial charge in [-0.15, -0.1) is 0 Å². The lowest BCUT2D eigenvalue weighted by molar-refractivity contribution is -0.0371. The molecule has 0 saturated carbocycles. The molecular weight excluding hydrogens is 365 g/mol. The number of rotatable bonds is 4. The minimum Gasteiger partial charge on any atom is -0.468 e. The van der Waals surface area contributed by atoms with E-state index in [-0.39, 0.29) is 11.1 Å². The van der Waals surface area contributed by atoms with Crippen molar-refractivity contribution in [2.45, 2.75) is 54.9 Å². The van der Waals surface area contributed by atoms with Crippen molar-refractivity contribution in [1.82, 2.24) is 0 Å². The smallest absolute Gasteiger partial charge is 0.265 e. The van der Waals surface area contributed by atoms with Gasteiger partial charge in [0.1, 0.15) is 12.2 Å². The van der Waals surface area contributed by atoms with E-state index in [4.69, 9.17) is 54.1 Å². The fraction of sp³-hybridized carbons (Fsp3) is 0.786. The molecule has 0 fully saturated rings. The molecule has 1 heterocycles. The first kappa shape index (κ1) is 20.3. The Kier molecular flexibility index (Phi) is 6.82. The van der Waals surface area contributed by atoms with Crippen LogP contribution in [0.2, 0.25) is 18.1 Å². The second-order valence-electron chi connectivity index (χ2n) is 6.78. The van der Waals surface area contributed by atoms with Gasteiger partial charge >= 0.3 is 0 Å². The molecule has 1 N–H and O–H groups in total. The van der Waals surface area contributed by atoms with Gasteiger partial charge in [0.25, 0.3) is 3.79 Å². The summed E-state index contributed by atoms with van der Waals surface area (Å²) in [5.41, 5.74) is 0. The number of hydrogen-bond acceptors (Lipinski definition) is 4. The Labute approximate surface area is 148 Å². The van der Waals surface area contributed by atoms with Gasteiger partial charge < -0.3 is 13.9 Å². The van der Waals surface area contributed by atoms with E-state index in [9.17, 15) is 0 Å². The van der Waals surface area contributed by atoms with Crippen molar-refractivity contribution < 1.29 is 13.9 Å². The van der Waals surface area contributed by atoms with Crippen LogP contribution < -0.4 is 0 Å². The van der Waals surface area contributed by atoms with Crippen LogP contribution in [0.1, 0.15) is 20.8 Å². The van der Waals surface area contributed by atoms with E-state index in [0.29, 0.717) is 13.2 Å². The molecule has 4 nitrogen and oxygen atoms in total. The molecular formula is C14H24Cl3NO3Si. The van der Waals surface area contributed by atoms with Gasteiger partial charge in [-0.3, -0.25) is 5.41 Å². The molecule has 0 saturated heterocycles. The predicted octanol–water partition coefficient (Wildman–Crippen LogP) is 4.70. The van der Waals surface area contributed by atoms with E-state index in [1.807, 2.05) is 12.2 Å².